The van der Waals surface area contributed by atoms with Crippen molar-refractivity contribution >= 4 is 11.9 Å². The van der Waals surface area contributed by atoms with Gasteiger partial charge in [-0.25, -0.2) is 0 Å². The third-order valence-electron chi connectivity index (χ3n) is 6.55. The van der Waals surface area contributed by atoms with E-state index in [9.17, 15) is 19.8 Å². The van der Waals surface area contributed by atoms with Crippen molar-refractivity contribution in [1.29, 1.82) is 0 Å². The van der Waals surface area contributed by atoms with Crippen molar-refractivity contribution in [1.82, 2.24) is 0 Å². The standard InChI is InChI=1S/C21H38O4/c1-7-16(3)21(18(24)25)12-9-8-11-20(21,17(22)23)13-10-15(2)14-19(4,5)6/h15-16H,7-14H2,1-6H3,(H,22,23)(H,24,25). The summed E-state index contributed by atoms with van der Waals surface area (Å²) in [5.41, 5.74) is -2.09. The zero-order valence-electron chi connectivity index (χ0n) is 17.0. The maximum absolute atomic E-state index is 12.5. The van der Waals surface area contributed by atoms with Crippen LogP contribution in [0.3, 0.4) is 0 Å². The van der Waals surface area contributed by atoms with E-state index in [0.717, 1.165) is 25.7 Å². The Bertz CT molecular complexity index is 479. The van der Waals surface area contributed by atoms with Gasteiger partial charge in [0.25, 0.3) is 0 Å². The Morgan fingerprint density at radius 2 is 1.60 bits per heavy atom. The van der Waals surface area contributed by atoms with Crippen LogP contribution in [-0.4, -0.2) is 22.2 Å². The Hall–Kier alpha value is -1.06. The SMILES string of the molecule is CCC(C)C1(C(=O)O)CCCCC1(CCC(C)CC(C)(C)C)C(=O)O. The molecular weight excluding hydrogens is 316 g/mol. The van der Waals surface area contributed by atoms with Gasteiger partial charge in [0, 0.05) is 0 Å². The van der Waals surface area contributed by atoms with E-state index in [2.05, 4.69) is 27.7 Å². The molecule has 4 unspecified atom stereocenters. The topological polar surface area (TPSA) is 74.6 Å². The summed E-state index contributed by atoms with van der Waals surface area (Å²) in [6, 6.07) is 0. The van der Waals surface area contributed by atoms with Gasteiger partial charge in [-0.05, 0) is 49.4 Å². The van der Waals surface area contributed by atoms with Gasteiger partial charge in [0.15, 0.2) is 0 Å². The fraction of sp³-hybridized carbons (Fsp3) is 0.905. The van der Waals surface area contributed by atoms with Crippen LogP contribution < -0.4 is 0 Å². The number of carbonyl (C=O) groups is 2. The molecule has 25 heavy (non-hydrogen) atoms. The van der Waals surface area contributed by atoms with Crippen molar-refractivity contribution in [2.45, 2.75) is 92.9 Å². The van der Waals surface area contributed by atoms with Crippen molar-refractivity contribution in [2.24, 2.45) is 28.1 Å². The molecule has 0 aromatic carbocycles. The molecule has 0 radical (unpaired) electrons. The zero-order valence-corrected chi connectivity index (χ0v) is 17.0. The van der Waals surface area contributed by atoms with Gasteiger partial charge in [-0.15, -0.1) is 0 Å². The molecule has 0 saturated heterocycles. The molecule has 0 heterocycles. The van der Waals surface area contributed by atoms with Gasteiger partial charge < -0.3 is 10.2 Å². The molecule has 0 amide bonds. The van der Waals surface area contributed by atoms with E-state index >= 15 is 0 Å². The first-order chi connectivity index (χ1) is 11.4. The van der Waals surface area contributed by atoms with Crippen LogP contribution in [-0.2, 0) is 9.59 Å². The molecule has 2 N–H and O–H groups in total. The van der Waals surface area contributed by atoms with Gasteiger partial charge in [-0.3, -0.25) is 9.59 Å². The smallest absolute Gasteiger partial charge is 0.311 e. The first-order valence-corrected chi connectivity index (χ1v) is 9.89. The molecule has 1 aliphatic carbocycles. The van der Waals surface area contributed by atoms with Crippen molar-refractivity contribution in [3.8, 4) is 0 Å². The van der Waals surface area contributed by atoms with Gasteiger partial charge in [0.1, 0.15) is 0 Å². The van der Waals surface area contributed by atoms with E-state index in [4.69, 9.17) is 0 Å². The third-order valence-corrected chi connectivity index (χ3v) is 6.55. The van der Waals surface area contributed by atoms with Crippen LogP contribution in [0.1, 0.15) is 92.9 Å². The molecule has 1 saturated carbocycles. The maximum Gasteiger partial charge on any atom is 0.311 e. The Kier molecular flexibility index (Phi) is 7.12. The minimum absolute atomic E-state index is 0.140. The van der Waals surface area contributed by atoms with Crippen molar-refractivity contribution in [3.05, 3.63) is 0 Å². The van der Waals surface area contributed by atoms with E-state index in [1.807, 2.05) is 13.8 Å². The second-order valence-corrected chi connectivity index (χ2v) is 9.59. The van der Waals surface area contributed by atoms with E-state index in [1.165, 1.54) is 0 Å². The van der Waals surface area contributed by atoms with E-state index in [-0.39, 0.29) is 11.3 Å². The van der Waals surface area contributed by atoms with Gasteiger partial charge in [-0.2, -0.15) is 0 Å². The molecule has 1 fully saturated rings. The molecule has 0 aromatic heterocycles. The van der Waals surface area contributed by atoms with Crippen LogP contribution in [0.4, 0.5) is 0 Å². The van der Waals surface area contributed by atoms with Crippen molar-refractivity contribution in [3.63, 3.8) is 0 Å². The predicted octanol–water partition coefficient (Wildman–Crippen LogP) is 5.60. The van der Waals surface area contributed by atoms with Crippen LogP contribution in [0.15, 0.2) is 0 Å². The number of rotatable bonds is 8. The highest BCUT2D eigenvalue weighted by Crippen LogP contribution is 2.59. The first kappa shape index (κ1) is 22.0. The monoisotopic (exact) mass is 354 g/mol. The Morgan fingerprint density at radius 1 is 1.04 bits per heavy atom. The molecule has 4 heteroatoms. The van der Waals surface area contributed by atoms with Crippen molar-refractivity contribution < 1.29 is 19.8 Å². The van der Waals surface area contributed by atoms with E-state index in [0.29, 0.717) is 31.6 Å². The molecule has 0 spiro atoms. The van der Waals surface area contributed by atoms with Gasteiger partial charge in [-0.1, -0.05) is 60.8 Å². The van der Waals surface area contributed by atoms with Crippen LogP contribution in [0, 0.1) is 28.1 Å². The lowest BCUT2D eigenvalue weighted by Crippen LogP contribution is -2.57. The Balaban J connectivity index is 3.21. The second kappa shape index (κ2) is 8.09. The van der Waals surface area contributed by atoms with E-state index in [1.54, 1.807) is 0 Å². The number of hydrogen-bond acceptors (Lipinski definition) is 2. The zero-order chi connectivity index (χ0) is 19.5. The van der Waals surface area contributed by atoms with Gasteiger partial charge in [0.2, 0.25) is 0 Å². The Labute approximate surface area is 153 Å². The Morgan fingerprint density at radius 3 is 2.04 bits per heavy atom. The normalized spacial score (nSPS) is 29.8. The van der Waals surface area contributed by atoms with Gasteiger partial charge >= 0.3 is 11.9 Å². The highest BCUT2D eigenvalue weighted by molar-refractivity contribution is 5.87. The molecule has 0 bridgehead atoms. The third kappa shape index (κ3) is 4.38. The molecule has 4 atom stereocenters. The highest BCUT2D eigenvalue weighted by Gasteiger charge is 2.63. The lowest BCUT2D eigenvalue weighted by molar-refractivity contribution is -0.188. The molecule has 1 rings (SSSR count). The van der Waals surface area contributed by atoms with Crippen LogP contribution in [0.2, 0.25) is 0 Å². The minimum Gasteiger partial charge on any atom is -0.481 e. The summed E-state index contributed by atoms with van der Waals surface area (Å²) in [7, 11) is 0. The summed E-state index contributed by atoms with van der Waals surface area (Å²) in [6.45, 7) is 12.6. The average Bonchev–Trinajstić information content (AvgIpc) is 2.50. The van der Waals surface area contributed by atoms with Crippen LogP contribution >= 0.6 is 0 Å². The highest BCUT2D eigenvalue weighted by atomic mass is 16.4. The molecule has 1 aliphatic rings. The first-order valence-electron chi connectivity index (χ1n) is 9.89. The summed E-state index contributed by atoms with van der Waals surface area (Å²) < 4.78 is 0. The minimum atomic E-state index is -1.15. The van der Waals surface area contributed by atoms with Crippen molar-refractivity contribution in [2.75, 3.05) is 0 Å². The number of carboxylic acids is 2. The second-order valence-electron chi connectivity index (χ2n) is 9.59. The maximum atomic E-state index is 12.5. The number of hydrogen-bond donors (Lipinski definition) is 2. The fourth-order valence-electron chi connectivity index (χ4n) is 5.27. The molecule has 4 nitrogen and oxygen atoms in total. The van der Waals surface area contributed by atoms with E-state index < -0.39 is 22.8 Å². The summed E-state index contributed by atoms with van der Waals surface area (Å²) in [5.74, 6) is -1.56. The summed E-state index contributed by atoms with van der Waals surface area (Å²) in [5, 5.41) is 20.4. The lowest BCUT2D eigenvalue weighted by atomic mass is 9.49. The average molecular weight is 355 g/mol. The van der Waals surface area contributed by atoms with Crippen LogP contribution in [0.25, 0.3) is 0 Å². The van der Waals surface area contributed by atoms with Gasteiger partial charge in [0.05, 0.1) is 10.8 Å². The molecule has 0 aromatic rings. The fourth-order valence-corrected chi connectivity index (χ4v) is 5.27. The summed E-state index contributed by atoms with van der Waals surface area (Å²) >= 11 is 0. The van der Waals surface area contributed by atoms with Crippen LogP contribution in [0.5, 0.6) is 0 Å². The number of aliphatic carboxylic acids is 2. The molecule has 0 aliphatic heterocycles. The summed E-state index contributed by atoms with van der Waals surface area (Å²) in [6.07, 6.45) is 5.55. The predicted molar refractivity (Wildman–Crippen MR) is 101 cm³/mol. The quantitative estimate of drug-likeness (QED) is 0.595. The summed E-state index contributed by atoms with van der Waals surface area (Å²) in [4.78, 5) is 24.9. The lowest BCUT2D eigenvalue weighted by Gasteiger charge is -2.52. The largest absolute Gasteiger partial charge is 0.481 e. The number of carboxylic acid groups (broad SMARTS) is 2. The molecular formula is C21H38O4. The molecule has 146 valence electrons.